The molecule has 6 rings (SSSR count). The van der Waals surface area contributed by atoms with Gasteiger partial charge in [0.25, 0.3) is 0 Å². The molecule has 3 heteroatoms. The maximum atomic E-state index is 9.15. The van der Waals surface area contributed by atoms with E-state index in [0.717, 1.165) is 71.7 Å². The first-order valence-corrected chi connectivity index (χ1v) is 14.2. The number of aryl methyl sites for hydroxylation is 2. The number of rotatable bonds is 3. The minimum Gasteiger partial charge on any atom is -0.437 e. The molecule has 4 aromatic rings. The van der Waals surface area contributed by atoms with E-state index in [1.54, 1.807) is 0 Å². The summed E-state index contributed by atoms with van der Waals surface area (Å²) in [6.07, 6.45) is 10.4. The van der Waals surface area contributed by atoms with Gasteiger partial charge in [-0.15, -0.1) is 0 Å². The summed E-state index contributed by atoms with van der Waals surface area (Å²) in [5, 5.41) is 2.28. The minimum absolute atomic E-state index is 0.0302. The Labute approximate surface area is 225 Å². The first-order valence-electron chi connectivity index (χ1n) is 15.2. The van der Waals surface area contributed by atoms with Gasteiger partial charge in [0.05, 0.1) is 10.9 Å². The van der Waals surface area contributed by atoms with Gasteiger partial charge in [-0.05, 0) is 83.7 Å². The van der Waals surface area contributed by atoms with Crippen molar-refractivity contribution in [2.45, 2.75) is 104 Å². The molecule has 0 unspecified atom stereocenters. The van der Waals surface area contributed by atoms with Crippen LogP contribution >= 0.6 is 0 Å². The van der Waals surface area contributed by atoms with Gasteiger partial charge < -0.3 is 4.42 Å². The van der Waals surface area contributed by atoms with Crippen LogP contribution in [-0.2, 0) is 24.3 Å². The number of aromatic nitrogens is 2. The third-order valence-corrected chi connectivity index (χ3v) is 9.47. The van der Waals surface area contributed by atoms with Crippen molar-refractivity contribution in [3.63, 3.8) is 0 Å². The highest BCUT2D eigenvalue weighted by Crippen LogP contribution is 2.50. The lowest BCUT2D eigenvalue weighted by Crippen LogP contribution is -2.34. The Bertz CT molecular complexity index is 1610. The van der Waals surface area contributed by atoms with E-state index in [1.807, 2.05) is 12.3 Å². The predicted molar refractivity (Wildman–Crippen MR) is 153 cm³/mol. The van der Waals surface area contributed by atoms with Gasteiger partial charge in [0.15, 0.2) is 11.8 Å². The van der Waals surface area contributed by atoms with E-state index in [9.17, 15) is 0 Å². The standard InChI is InChI=1S/C34H43N2O/c1-21-17-25-29-30-26(33(3,4)14-15-34(30,5)6)20-35-32(29)37-31(25)28(22(21)2)27-19-24(13-16-36(27)7)18-23-11-9-8-10-12-23/h13,16-17,19-20,23H,8-12,14-15,18H2,1-7H3/q+1/i18D2. The van der Waals surface area contributed by atoms with E-state index in [2.05, 4.69) is 71.5 Å². The van der Waals surface area contributed by atoms with E-state index >= 15 is 0 Å². The van der Waals surface area contributed by atoms with E-state index in [-0.39, 0.29) is 16.7 Å². The lowest BCUT2D eigenvalue weighted by Gasteiger charge is -2.41. The van der Waals surface area contributed by atoms with Crippen LogP contribution in [0.1, 0.15) is 103 Å². The summed E-state index contributed by atoms with van der Waals surface area (Å²) < 4.78 is 27.1. The number of benzene rings is 1. The monoisotopic (exact) mass is 497 g/mol. The summed E-state index contributed by atoms with van der Waals surface area (Å²) in [7, 11) is 2.05. The van der Waals surface area contributed by atoms with Crippen LogP contribution in [0.2, 0.25) is 0 Å². The van der Waals surface area contributed by atoms with Crippen LogP contribution < -0.4 is 4.57 Å². The van der Waals surface area contributed by atoms with Gasteiger partial charge in [-0.25, -0.2) is 9.55 Å². The zero-order valence-electron chi connectivity index (χ0n) is 25.7. The minimum atomic E-state index is -1.36. The smallest absolute Gasteiger partial charge is 0.227 e. The lowest BCUT2D eigenvalue weighted by molar-refractivity contribution is -0.660. The summed E-state index contributed by atoms with van der Waals surface area (Å²) in [5.41, 5.74) is 9.57. The van der Waals surface area contributed by atoms with E-state index in [1.165, 1.54) is 28.7 Å². The van der Waals surface area contributed by atoms with Crippen LogP contribution in [0.25, 0.3) is 33.3 Å². The number of nitrogens with zero attached hydrogens (tertiary/aromatic N) is 2. The molecule has 3 nitrogen and oxygen atoms in total. The molecule has 0 spiro atoms. The van der Waals surface area contributed by atoms with Gasteiger partial charge in [-0.1, -0.05) is 59.8 Å². The second kappa shape index (κ2) is 8.68. The highest BCUT2D eigenvalue weighted by molar-refractivity contribution is 6.11. The Kier molecular flexibility index (Phi) is 5.24. The summed E-state index contributed by atoms with van der Waals surface area (Å²) in [5.74, 6) is 0.0675. The Morgan fingerprint density at radius 2 is 1.78 bits per heavy atom. The van der Waals surface area contributed by atoms with E-state index in [0.29, 0.717) is 5.71 Å². The molecular formula is C34H43N2O+. The zero-order chi connectivity index (χ0) is 27.9. The largest absolute Gasteiger partial charge is 0.437 e. The fourth-order valence-corrected chi connectivity index (χ4v) is 6.90. The molecule has 0 amide bonds. The fourth-order valence-electron chi connectivity index (χ4n) is 6.90. The molecule has 0 atom stereocenters. The van der Waals surface area contributed by atoms with Crippen molar-refractivity contribution in [1.29, 1.82) is 0 Å². The molecule has 2 aliphatic carbocycles. The predicted octanol–water partition coefficient (Wildman–Crippen LogP) is 8.56. The van der Waals surface area contributed by atoms with E-state index in [4.69, 9.17) is 12.1 Å². The van der Waals surface area contributed by atoms with Crippen LogP contribution in [0, 0.1) is 19.8 Å². The SMILES string of the molecule is [2H]C([2H])(c1cc[n+](C)c(-c2c(C)c(C)cc3c2oc2ncc4c(c23)C(C)(C)CCC4(C)C)c1)C1CCCCC1. The van der Waals surface area contributed by atoms with Crippen molar-refractivity contribution in [2.24, 2.45) is 13.0 Å². The van der Waals surface area contributed by atoms with Crippen LogP contribution in [-0.4, -0.2) is 4.98 Å². The van der Waals surface area contributed by atoms with Crippen LogP contribution in [0.15, 0.2) is 35.0 Å². The molecule has 37 heavy (non-hydrogen) atoms. The first kappa shape index (κ1) is 22.3. The van der Waals surface area contributed by atoms with Crippen molar-refractivity contribution in [2.75, 3.05) is 0 Å². The second-order valence-electron chi connectivity index (χ2n) is 13.1. The highest BCUT2D eigenvalue weighted by Gasteiger charge is 2.40. The van der Waals surface area contributed by atoms with Crippen molar-refractivity contribution >= 4 is 22.1 Å². The van der Waals surface area contributed by atoms with Crippen molar-refractivity contribution in [3.8, 4) is 11.3 Å². The molecule has 1 saturated carbocycles. The molecule has 2 aliphatic rings. The summed E-state index contributed by atoms with van der Waals surface area (Å²) in [6.45, 7) is 13.7. The van der Waals surface area contributed by atoms with Crippen LogP contribution in [0.3, 0.4) is 0 Å². The topological polar surface area (TPSA) is 29.9 Å². The molecule has 3 aromatic heterocycles. The molecule has 0 N–H and O–H groups in total. The maximum Gasteiger partial charge on any atom is 0.227 e. The highest BCUT2D eigenvalue weighted by atomic mass is 16.3. The van der Waals surface area contributed by atoms with Crippen molar-refractivity contribution in [1.82, 2.24) is 4.98 Å². The quantitative estimate of drug-likeness (QED) is 0.265. The fraction of sp³-hybridized carbons (Fsp3) is 0.529. The molecule has 0 bridgehead atoms. The van der Waals surface area contributed by atoms with Crippen LogP contribution in [0.4, 0.5) is 0 Å². The average molecular weight is 498 g/mol. The Morgan fingerprint density at radius 3 is 2.54 bits per heavy atom. The zero-order valence-corrected chi connectivity index (χ0v) is 23.7. The van der Waals surface area contributed by atoms with Gasteiger partial charge in [0.1, 0.15) is 7.05 Å². The maximum absolute atomic E-state index is 9.15. The third kappa shape index (κ3) is 4.01. The first-order chi connectivity index (χ1) is 18.3. The number of hydrogen-bond donors (Lipinski definition) is 0. The van der Waals surface area contributed by atoms with Gasteiger partial charge in [-0.3, -0.25) is 0 Å². The van der Waals surface area contributed by atoms with Gasteiger partial charge in [0.2, 0.25) is 11.4 Å². The molecule has 194 valence electrons. The normalized spacial score (nSPS) is 20.6. The number of pyridine rings is 2. The number of fused-ring (bicyclic) bond motifs is 5. The van der Waals surface area contributed by atoms with E-state index < -0.39 is 6.37 Å². The average Bonchev–Trinajstić information content (AvgIpc) is 3.26. The van der Waals surface area contributed by atoms with Gasteiger partial charge in [0, 0.05) is 26.5 Å². The summed E-state index contributed by atoms with van der Waals surface area (Å²) in [6, 6.07) is 6.34. The number of hydrogen-bond acceptors (Lipinski definition) is 2. The third-order valence-electron chi connectivity index (χ3n) is 9.47. The second-order valence-corrected chi connectivity index (χ2v) is 13.1. The molecule has 0 aliphatic heterocycles. The van der Waals surface area contributed by atoms with Gasteiger partial charge >= 0.3 is 0 Å². The Balaban J connectivity index is 1.63. The molecular weight excluding hydrogens is 452 g/mol. The van der Waals surface area contributed by atoms with Gasteiger partial charge in [-0.2, -0.15) is 0 Å². The molecule has 3 heterocycles. The molecule has 0 saturated heterocycles. The Morgan fingerprint density at radius 1 is 1.05 bits per heavy atom. The molecule has 1 fully saturated rings. The lowest BCUT2D eigenvalue weighted by atomic mass is 9.63. The van der Waals surface area contributed by atoms with Crippen molar-refractivity contribution < 1.29 is 11.7 Å². The Hall–Kier alpha value is -2.68. The summed E-state index contributed by atoms with van der Waals surface area (Å²) in [4.78, 5) is 4.89. The number of furan rings is 1. The van der Waals surface area contributed by atoms with Crippen LogP contribution in [0.5, 0.6) is 0 Å². The molecule has 0 radical (unpaired) electrons. The molecule has 1 aromatic carbocycles. The summed E-state index contributed by atoms with van der Waals surface area (Å²) >= 11 is 0. The van der Waals surface area contributed by atoms with Crippen molar-refractivity contribution in [3.05, 3.63) is 58.4 Å².